The first-order valence-electron chi connectivity index (χ1n) is 9.67. The number of carbonyl (C=O) groups is 2. The summed E-state index contributed by atoms with van der Waals surface area (Å²) in [5.41, 5.74) is 5.63. The summed E-state index contributed by atoms with van der Waals surface area (Å²) in [7, 11) is 0. The molecule has 1 fully saturated rings. The van der Waals surface area contributed by atoms with Crippen LogP contribution in [0.3, 0.4) is 0 Å². The van der Waals surface area contributed by atoms with Gasteiger partial charge in [-0.05, 0) is 41.6 Å². The molecule has 5 rings (SSSR count). The third kappa shape index (κ3) is 3.17. The predicted molar refractivity (Wildman–Crippen MR) is 101 cm³/mol. The van der Waals surface area contributed by atoms with E-state index in [4.69, 9.17) is 4.98 Å². The Labute approximate surface area is 162 Å². The minimum atomic E-state index is -0.174. The average Bonchev–Trinajstić information content (AvgIpc) is 3.22. The number of hydrogen-bond acceptors (Lipinski definition) is 6. The number of Topliss-reactive ketones (excluding diaryl/α,β-unsaturated/α-hetero) is 1. The van der Waals surface area contributed by atoms with Crippen molar-refractivity contribution in [2.24, 2.45) is 5.92 Å². The van der Waals surface area contributed by atoms with Gasteiger partial charge < -0.3 is 4.90 Å². The third-order valence-corrected chi connectivity index (χ3v) is 5.60. The summed E-state index contributed by atoms with van der Waals surface area (Å²) in [6.45, 7) is 1.12. The molecule has 1 saturated carbocycles. The van der Waals surface area contributed by atoms with Crippen molar-refractivity contribution in [1.82, 2.24) is 20.2 Å². The van der Waals surface area contributed by atoms with E-state index in [-0.39, 0.29) is 17.5 Å². The molecule has 1 aliphatic heterocycles. The topological polar surface area (TPSA) is 89.2 Å². The van der Waals surface area contributed by atoms with Crippen LogP contribution in [0.2, 0.25) is 0 Å². The number of ketones is 1. The molecule has 0 spiro atoms. The smallest absolute Gasteiger partial charge is 0.278 e. The molecule has 7 heteroatoms. The van der Waals surface area contributed by atoms with Crippen molar-refractivity contribution in [2.45, 2.75) is 32.1 Å². The van der Waals surface area contributed by atoms with Crippen LogP contribution in [0.25, 0.3) is 11.6 Å². The first-order chi connectivity index (χ1) is 13.7. The van der Waals surface area contributed by atoms with Crippen molar-refractivity contribution in [2.75, 3.05) is 13.1 Å². The minimum Gasteiger partial charge on any atom is -0.333 e. The highest BCUT2D eigenvalue weighted by molar-refractivity contribution is 5.92. The molecule has 0 bridgehead atoms. The molecule has 0 aromatic carbocycles. The van der Waals surface area contributed by atoms with Crippen molar-refractivity contribution in [3.05, 3.63) is 52.6 Å². The van der Waals surface area contributed by atoms with E-state index in [9.17, 15) is 9.59 Å². The van der Waals surface area contributed by atoms with Crippen molar-refractivity contribution in [3.8, 4) is 0 Å². The van der Waals surface area contributed by atoms with Crippen molar-refractivity contribution in [1.29, 1.82) is 0 Å². The van der Waals surface area contributed by atoms with E-state index in [2.05, 4.69) is 39.2 Å². The van der Waals surface area contributed by atoms with Gasteiger partial charge in [-0.15, -0.1) is 0 Å². The molecule has 0 atom stereocenters. The summed E-state index contributed by atoms with van der Waals surface area (Å²) in [5.74, 6) is 0.378. The van der Waals surface area contributed by atoms with E-state index in [1.807, 2.05) is 0 Å². The molecule has 1 amide bonds. The lowest BCUT2D eigenvalue weighted by molar-refractivity contribution is -0.119. The number of amides is 1. The minimum absolute atomic E-state index is 0.174. The van der Waals surface area contributed by atoms with Gasteiger partial charge in [0.2, 0.25) is 0 Å². The number of pyridine rings is 1. The molecule has 0 N–H and O–H groups in total. The highest BCUT2D eigenvalue weighted by Crippen LogP contribution is 2.34. The molecular formula is C21H20N4O3. The van der Waals surface area contributed by atoms with Crippen LogP contribution in [-0.4, -0.2) is 45.0 Å². The first kappa shape index (κ1) is 17.0. The second-order valence-electron chi connectivity index (χ2n) is 7.57. The van der Waals surface area contributed by atoms with Gasteiger partial charge in [0, 0.05) is 43.1 Å². The summed E-state index contributed by atoms with van der Waals surface area (Å²) in [6, 6.07) is 2.07. The molecule has 2 aromatic rings. The maximum absolute atomic E-state index is 12.4. The molecule has 7 nitrogen and oxygen atoms in total. The van der Waals surface area contributed by atoms with Crippen LogP contribution in [0, 0.1) is 5.92 Å². The van der Waals surface area contributed by atoms with Gasteiger partial charge in [0.25, 0.3) is 5.91 Å². The van der Waals surface area contributed by atoms with Gasteiger partial charge in [0.15, 0.2) is 5.69 Å². The molecule has 3 aliphatic rings. The lowest BCUT2D eigenvalue weighted by atomic mass is 9.93. The Morgan fingerprint density at radius 1 is 1.29 bits per heavy atom. The molecule has 2 aliphatic carbocycles. The number of rotatable bonds is 5. The van der Waals surface area contributed by atoms with Gasteiger partial charge in [0.05, 0.1) is 5.69 Å². The van der Waals surface area contributed by atoms with E-state index < -0.39 is 0 Å². The van der Waals surface area contributed by atoms with Crippen LogP contribution in [0.4, 0.5) is 0 Å². The standard InChI is InChI=1S/C21H20N4O3/c26-20(14-4-5-14)11-15-10-17(16-2-1-3-18(16)23-15)13-6-8-25(9-7-13)21(27)19-12-22-28-24-19/h1-2,6,10,12,14H,3-5,7-9,11H2. The zero-order chi connectivity index (χ0) is 19.1. The number of nitrogens with zero attached hydrogens (tertiary/aromatic N) is 4. The highest BCUT2D eigenvalue weighted by Gasteiger charge is 2.30. The molecule has 0 unspecified atom stereocenters. The maximum Gasteiger partial charge on any atom is 0.278 e. The Morgan fingerprint density at radius 3 is 2.89 bits per heavy atom. The Balaban J connectivity index is 1.39. The van der Waals surface area contributed by atoms with Gasteiger partial charge in [-0.3, -0.25) is 14.6 Å². The van der Waals surface area contributed by atoms with Gasteiger partial charge in [-0.2, -0.15) is 0 Å². The Morgan fingerprint density at radius 2 is 2.18 bits per heavy atom. The van der Waals surface area contributed by atoms with Crippen LogP contribution in [0.1, 0.15) is 52.3 Å². The lowest BCUT2D eigenvalue weighted by Crippen LogP contribution is -2.34. The number of aromatic nitrogens is 3. The quantitative estimate of drug-likeness (QED) is 0.796. The normalized spacial score (nSPS) is 18.1. The van der Waals surface area contributed by atoms with Crippen LogP contribution in [-0.2, 0) is 17.6 Å². The zero-order valence-corrected chi connectivity index (χ0v) is 15.4. The molecule has 28 heavy (non-hydrogen) atoms. The molecule has 2 aromatic heterocycles. The highest BCUT2D eigenvalue weighted by atomic mass is 16.6. The number of allylic oxidation sites excluding steroid dienone is 1. The molecule has 0 saturated heterocycles. The fourth-order valence-corrected chi connectivity index (χ4v) is 3.90. The predicted octanol–water partition coefficient (Wildman–Crippen LogP) is 2.49. The second kappa shape index (κ2) is 6.82. The zero-order valence-electron chi connectivity index (χ0n) is 15.4. The van der Waals surface area contributed by atoms with Crippen LogP contribution >= 0.6 is 0 Å². The molecule has 0 radical (unpaired) electrons. The van der Waals surface area contributed by atoms with E-state index in [0.717, 1.165) is 48.2 Å². The number of fused-ring (bicyclic) bond motifs is 1. The Kier molecular flexibility index (Phi) is 4.15. The van der Waals surface area contributed by atoms with Crippen molar-refractivity contribution >= 4 is 23.3 Å². The van der Waals surface area contributed by atoms with Crippen LogP contribution in [0.15, 0.2) is 29.0 Å². The third-order valence-electron chi connectivity index (χ3n) is 5.60. The van der Waals surface area contributed by atoms with E-state index in [1.54, 1.807) is 4.90 Å². The van der Waals surface area contributed by atoms with Crippen LogP contribution in [0.5, 0.6) is 0 Å². The largest absolute Gasteiger partial charge is 0.333 e. The van der Waals surface area contributed by atoms with Crippen LogP contribution < -0.4 is 0 Å². The Hall–Kier alpha value is -3.09. The number of hydrogen-bond donors (Lipinski definition) is 0. The fourth-order valence-electron chi connectivity index (χ4n) is 3.90. The molecule has 142 valence electrons. The summed E-state index contributed by atoms with van der Waals surface area (Å²) in [4.78, 5) is 31.1. The lowest BCUT2D eigenvalue weighted by Gasteiger charge is -2.26. The fraction of sp³-hybridized carbons (Fsp3) is 0.381. The van der Waals surface area contributed by atoms with E-state index in [0.29, 0.717) is 25.3 Å². The second-order valence-corrected chi connectivity index (χ2v) is 7.57. The first-order valence-corrected chi connectivity index (χ1v) is 9.67. The van der Waals surface area contributed by atoms with Gasteiger partial charge in [-0.1, -0.05) is 23.4 Å². The van der Waals surface area contributed by atoms with Gasteiger partial charge >= 0.3 is 0 Å². The van der Waals surface area contributed by atoms with E-state index >= 15 is 0 Å². The number of carbonyl (C=O) groups excluding carboxylic acids is 2. The maximum atomic E-state index is 12.4. The summed E-state index contributed by atoms with van der Waals surface area (Å²) < 4.78 is 4.53. The SMILES string of the molecule is O=C(Cc1cc(C2=CCN(C(=O)c3cnon3)CC2)c2c(n1)CC=C2)C1CC1. The summed E-state index contributed by atoms with van der Waals surface area (Å²) >= 11 is 0. The summed E-state index contributed by atoms with van der Waals surface area (Å²) in [5, 5.41) is 7.13. The summed E-state index contributed by atoms with van der Waals surface area (Å²) in [6.07, 6.45) is 11.7. The van der Waals surface area contributed by atoms with Crippen molar-refractivity contribution < 1.29 is 14.2 Å². The average molecular weight is 376 g/mol. The monoisotopic (exact) mass is 376 g/mol. The van der Waals surface area contributed by atoms with Crippen molar-refractivity contribution in [3.63, 3.8) is 0 Å². The van der Waals surface area contributed by atoms with E-state index in [1.165, 1.54) is 11.8 Å². The Bertz CT molecular complexity index is 1000. The van der Waals surface area contributed by atoms with Gasteiger partial charge in [0.1, 0.15) is 12.0 Å². The molecular weight excluding hydrogens is 356 g/mol. The van der Waals surface area contributed by atoms with Gasteiger partial charge in [-0.25, -0.2) is 4.63 Å². The molecule has 3 heterocycles.